The molecule has 0 aliphatic carbocycles. The molecule has 0 radical (unpaired) electrons. The third-order valence-electron chi connectivity index (χ3n) is 2.40. The average molecular weight is 395 g/mol. The van der Waals surface area contributed by atoms with E-state index in [1.54, 1.807) is 0 Å². The minimum absolute atomic E-state index is 0.170. The molecule has 4 heteroatoms. The van der Waals surface area contributed by atoms with Crippen molar-refractivity contribution in [3.8, 4) is 0 Å². The molecule has 0 saturated carbocycles. The molecule has 0 N–H and O–H groups in total. The molecule has 2 rings (SSSR count). The summed E-state index contributed by atoms with van der Waals surface area (Å²) in [7, 11) is 0. The first-order valence-electron chi connectivity index (χ1n) is 4.92. The maximum Gasteiger partial charge on any atom is 0.0835 e. The van der Waals surface area contributed by atoms with Crippen molar-refractivity contribution < 1.29 is 0 Å². The highest BCUT2D eigenvalue weighted by Gasteiger charge is 2.11. The Labute approximate surface area is 127 Å². The van der Waals surface area contributed by atoms with E-state index in [1.165, 1.54) is 0 Å². The fourth-order valence-corrected chi connectivity index (χ4v) is 2.55. The zero-order valence-corrected chi connectivity index (χ0v) is 13.3. The van der Waals surface area contributed by atoms with E-state index in [2.05, 4.69) is 31.9 Å². The van der Waals surface area contributed by atoms with Crippen molar-refractivity contribution in [2.75, 3.05) is 0 Å². The molecule has 2 aromatic carbocycles. The van der Waals surface area contributed by atoms with Crippen molar-refractivity contribution in [2.45, 2.75) is 5.38 Å². The Kier molecular flexibility index (Phi) is 4.53. The van der Waals surface area contributed by atoms with Crippen molar-refractivity contribution in [3.63, 3.8) is 0 Å². The summed E-state index contributed by atoms with van der Waals surface area (Å²) >= 11 is 19.2. The van der Waals surface area contributed by atoms with Crippen LogP contribution >= 0.6 is 55.1 Å². The highest BCUT2D eigenvalue weighted by Crippen LogP contribution is 2.33. The van der Waals surface area contributed by atoms with Crippen LogP contribution in [0.25, 0.3) is 0 Å². The molecule has 1 unspecified atom stereocenters. The second-order valence-corrected chi connectivity index (χ2v) is 6.20. The second kappa shape index (κ2) is 5.75. The second-order valence-electron chi connectivity index (χ2n) is 3.59. The standard InChI is InChI=1S/C13H8Br2Cl2/c14-10-4-1-8(2-5-10)13(17)9-3-6-12(16)11(15)7-9/h1-7,13H. The molecule has 1 atom stereocenters. The Morgan fingerprint density at radius 2 is 1.47 bits per heavy atom. The molecule has 0 aliphatic heterocycles. The van der Waals surface area contributed by atoms with Crippen molar-refractivity contribution >= 4 is 55.1 Å². The fraction of sp³-hybridized carbons (Fsp3) is 0.0769. The van der Waals surface area contributed by atoms with E-state index in [0.29, 0.717) is 5.02 Å². The Morgan fingerprint density at radius 1 is 0.882 bits per heavy atom. The minimum Gasteiger partial charge on any atom is -0.113 e. The van der Waals surface area contributed by atoms with E-state index >= 15 is 0 Å². The third-order valence-corrected chi connectivity index (χ3v) is 4.65. The van der Waals surface area contributed by atoms with Gasteiger partial charge in [-0.2, -0.15) is 0 Å². The number of rotatable bonds is 2. The maximum atomic E-state index is 6.43. The predicted octanol–water partition coefficient (Wildman–Crippen LogP) is 6.19. The molecule has 0 saturated heterocycles. The van der Waals surface area contributed by atoms with E-state index in [1.807, 2.05) is 42.5 Å². The third kappa shape index (κ3) is 3.25. The van der Waals surface area contributed by atoms with Crippen LogP contribution in [0.3, 0.4) is 0 Å². The molecule has 17 heavy (non-hydrogen) atoms. The van der Waals surface area contributed by atoms with Gasteiger partial charge >= 0.3 is 0 Å². The molecule has 0 fully saturated rings. The van der Waals surface area contributed by atoms with Gasteiger partial charge in [-0.3, -0.25) is 0 Å². The first-order valence-corrected chi connectivity index (χ1v) is 7.32. The quantitative estimate of drug-likeness (QED) is 0.532. The van der Waals surface area contributed by atoms with Crippen LogP contribution in [0.15, 0.2) is 51.4 Å². The molecule has 0 amide bonds. The van der Waals surface area contributed by atoms with Crippen LogP contribution < -0.4 is 0 Å². The topological polar surface area (TPSA) is 0 Å². The molecular formula is C13H8Br2Cl2. The lowest BCUT2D eigenvalue weighted by atomic mass is 10.0. The van der Waals surface area contributed by atoms with Crippen LogP contribution in [0, 0.1) is 0 Å². The number of benzene rings is 2. The largest absolute Gasteiger partial charge is 0.113 e. The van der Waals surface area contributed by atoms with Gasteiger partial charge in [0.25, 0.3) is 0 Å². The van der Waals surface area contributed by atoms with Gasteiger partial charge in [0, 0.05) is 8.95 Å². The first-order chi connectivity index (χ1) is 8.08. The predicted molar refractivity (Wildman–Crippen MR) is 81.0 cm³/mol. The molecule has 0 aliphatic rings. The average Bonchev–Trinajstić information content (AvgIpc) is 2.33. The highest BCUT2D eigenvalue weighted by atomic mass is 79.9. The lowest BCUT2D eigenvalue weighted by molar-refractivity contribution is 1.14. The van der Waals surface area contributed by atoms with Gasteiger partial charge in [0.2, 0.25) is 0 Å². The van der Waals surface area contributed by atoms with Crippen LogP contribution in [0.4, 0.5) is 0 Å². The summed E-state index contributed by atoms with van der Waals surface area (Å²) in [6.07, 6.45) is 0. The molecule has 0 aromatic heterocycles. The summed E-state index contributed by atoms with van der Waals surface area (Å²) in [6.45, 7) is 0. The van der Waals surface area contributed by atoms with E-state index in [4.69, 9.17) is 23.2 Å². The van der Waals surface area contributed by atoms with Gasteiger partial charge in [-0.25, -0.2) is 0 Å². The zero-order valence-electron chi connectivity index (χ0n) is 8.63. The monoisotopic (exact) mass is 392 g/mol. The minimum atomic E-state index is -0.170. The zero-order chi connectivity index (χ0) is 12.4. The molecule has 88 valence electrons. The van der Waals surface area contributed by atoms with Crippen molar-refractivity contribution in [3.05, 3.63) is 67.6 Å². The summed E-state index contributed by atoms with van der Waals surface area (Å²) < 4.78 is 1.90. The van der Waals surface area contributed by atoms with Gasteiger partial charge in [-0.15, -0.1) is 11.6 Å². The molecule has 2 aromatic rings. The lowest BCUT2D eigenvalue weighted by Crippen LogP contribution is -1.93. The molecule has 0 spiro atoms. The summed E-state index contributed by atoms with van der Waals surface area (Å²) in [6, 6.07) is 13.7. The van der Waals surface area contributed by atoms with Crippen LogP contribution in [-0.4, -0.2) is 0 Å². The molecular weight excluding hydrogens is 387 g/mol. The van der Waals surface area contributed by atoms with Crippen LogP contribution in [0.1, 0.15) is 16.5 Å². The van der Waals surface area contributed by atoms with E-state index < -0.39 is 0 Å². The summed E-state index contributed by atoms with van der Waals surface area (Å²) in [4.78, 5) is 0. The lowest BCUT2D eigenvalue weighted by Gasteiger charge is -2.11. The fourth-order valence-electron chi connectivity index (χ4n) is 1.49. The Morgan fingerprint density at radius 3 is 2.06 bits per heavy atom. The first kappa shape index (κ1) is 13.4. The molecule has 0 bridgehead atoms. The summed E-state index contributed by atoms with van der Waals surface area (Å²) in [5, 5.41) is 0.519. The summed E-state index contributed by atoms with van der Waals surface area (Å²) in [5.74, 6) is 0. The van der Waals surface area contributed by atoms with Gasteiger partial charge in [-0.05, 0) is 51.3 Å². The van der Waals surface area contributed by atoms with Crippen molar-refractivity contribution in [2.24, 2.45) is 0 Å². The van der Waals surface area contributed by atoms with Gasteiger partial charge in [-0.1, -0.05) is 45.7 Å². The van der Waals surface area contributed by atoms with Crippen molar-refractivity contribution in [1.29, 1.82) is 0 Å². The van der Waals surface area contributed by atoms with E-state index in [0.717, 1.165) is 20.1 Å². The van der Waals surface area contributed by atoms with Gasteiger partial charge in [0.15, 0.2) is 0 Å². The summed E-state index contributed by atoms with van der Waals surface area (Å²) in [5.41, 5.74) is 2.08. The normalized spacial score (nSPS) is 12.5. The number of alkyl halides is 1. The van der Waals surface area contributed by atoms with Crippen LogP contribution in [0.5, 0.6) is 0 Å². The van der Waals surface area contributed by atoms with Crippen LogP contribution in [-0.2, 0) is 0 Å². The van der Waals surface area contributed by atoms with Crippen LogP contribution in [0.2, 0.25) is 5.02 Å². The number of hydrogen-bond donors (Lipinski definition) is 0. The number of hydrogen-bond acceptors (Lipinski definition) is 0. The Bertz CT molecular complexity index is 523. The van der Waals surface area contributed by atoms with E-state index in [9.17, 15) is 0 Å². The maximum absolute atomic E-state index is 6.43. The van der Waals surface area contributed by atoms with E-state index in [-0.39, 0.29) is 5.38 Å². The van der Waals surface area contributed by atoms with Gasteiger partial charge < -0.3 is 0 Å². The Hall–Kier alpha value is -0.0200. The Balaban J connectivity index is 2.33. The van der Waals surface area contributed by atoms with Gasteiger partial charge in [0.1, 0.15) is 0 Å². The number of halogens is 4. The van der Waals surface area contributed by atoms with Crippen molar-refractivity contribution in [1.82, 2.24) is 0 Å². The SMILES string of the molecule is Clc1ccc(C(Cl)c2ccc(Br)cc2)cc1Br. The highest BCUT2D eigenvalue weighted by molar-refractivity contribution is 9.10. The van der Waals surface area contributed by atoms with Gasteiger partial charge in [0.05, 0.1) is 10.4 Å². The molecule has 0 heterocycles. The molecule has 0 nitrogen and oxygen atoms in total. The smallest absolute Gasteiger partial charge is 0.0835 e.